The maximum Gasteiger partial charge on any atom is 0.250 e. The van der Waals surface area contributed by atoms with Crippen molar-refractivity contribution in [3.8, 4) is 0 Å². The van der Waals surface area contributed by atoms with E-state index in [1.165, 1.54) is 4.90 Å². The number of pyridine rings is 1. The van der Waals surface area contributed by atoms with Crippen molar-refractivity contribution in [2.75, 3.05) is 32.7 Å². The topological polar surface area (TPSA) is 86.9 Å². The summed E-state index contributed by atoms with van der Waals surface area (Å²) in [4.78, 5) is 40.2. The van der Waals surface area contributed by atoms with E-state index in [0.29, 0.717) is 31.3 Å². The zero-order chi connectivity index (χ0) is 24.4. The molecule has 1 unspecified atom stereocenters. The average Bonchev–Trinajstić information content (AvgIpc) is 2.84. The van der Waals surface area contributed by atoms with Crippen molar-refractivity contribution in [2.45, 2.75) is 44.6 Å². The molecule has 186 valence electrons. The fraction of sp³-hybridized carbons (Fsp3) is 0.536. The van der Waals surface area contributed by atoms with E-state index in [1.54, 1.807) is 6.07 Å². The molecule has 3 aliphatic heterocycles. The maximum absolute atomic E-state index is 13.0. The van der Waals surface area contributed by atoms with Gasteiger partial charge in [0.2, 0.25) is 5.91 Å². The Morgan fingerprint density at radius 3 is 2.63 bits per heavy atom. The van der Waals surface area contributed by atoms with Gasteiger partial charge in [-0.3, -0.25) is 9.59 Å². The lowest BCUT2D eigenvalue weighted by Crippen LogP contribution is -3.14. The average molecular weight is 478 g/mol. The summed E-state index contributed by atoms with van der Waals surface area (Å²) in [5, 5.41) is 11.4. The number of aliphatic carboxylic acids is 1. The van der Waals surface area contributed by atoms with Crippen LogP contribution in [0.3, 0.4) is 0 Å². The van der Waals surface area contributed by atoms with E-state index in [9.17, 15) is 19.5 Å². The summed E-state index contributed by atoms with van der Waals surface area (Å²) in [6.45, 7) is 5.07. The van der Waals surface area contributed by atoms with Crippen molar-refractivity contribution < 1.29 is 19.6 Å². The Bertz CT molecular complexity index is 1110. The van der Waals surface area contributed by atoms with E-state index in [2.05, 4.69) is 6.07 Å². The molecule has 1 amide bonds. The first-order valence-electron chi connectivity index (χ1n) is 13.0. The number of nitrogens with one attached hydrogen (secondary N) is 1. The molecule has 1 aromatic carbocycles. The molecule has 3 aliphatic rings. The number of likely N-dealkylation sites (tertiary alicyclic amines) is 2. The highest BCUT2D eigenvalue weighted by Gasteiger charge is 2.38. The van der Waals surface area contributed by atoms with Crippen molar-refractivity contribution in [2.24, 2.45) is 17.8 Å². The number of benzene rings is 1. The first-order valence-corrected chi connectivity index (χ1v) is 13.0. The molecule has 7 nitrogen and oxygen atoms in total. The molecule has 1 N–H and O–H groups in total. The summed E-state index contributed by atoms with van der Waals surface area (Å²) in [6, 6.07) is 15.4. The molecule has 7 heteroatoms. The van der Waals surface area contributed by atoms with Gasteiger partial charge in [-0.15, -0.1) is 0 Å². The standard InChI is InChI=1S/C28H35N3O4/c32-26-8-4-7-25-24-13-21(17-31(25)26)16-29(18-24)11-9-23-19-30(12-10-22(23)15-28(34)35)27(33)14-20-5-2-1-3-6-20/h1-8,21-24H,9-19H2,(H,34,35)/t21-,22-,23-,24+/m0/s1. The molecule has 0 spiro atoms. The second-order valence-corrected chi connectivity index (χ2v) is 10.8. The predicted molar refractivity (Wildman–Crippen MR) is 130 cm³/mol. The van der Waals surface area contributed by atoms with Gasteiger partial charge in [-0.2, -0.15) is 0 Å². The van der Waals surface area contributed by atoms with E-state index in [-0.39, 0.29) is 29.7 Å². The predicted octanol–water partition coefficient (Wildman–Crippen LogP) is 0.0878. The third kappa shape index (κ3) is 5.50. The Hall–Kier alpha value is -2.93. The van der Waals surface area contributed by atoms with E-state index >= 15 is 0 Å². The highest BCUT2D eigenvalue weighted by molar-refractivity contribution is 5.79. The number of carboxylic acids is 1. The fourth-order valence-corrected chi connectivity index (χ4v) is 6.71. The lowest BCUT2D eigenvalue weighted by molar-refractivity contribution is -0.911. The second-order valence-electron chi connectivity index (χ2n) is 10.8. The van der Waals surface area contributed by atoms with Gasteiger partial charge in [-0.1, -0.05) is 36.4 Å². The fourth-order valence-electron chi connectivity index (χ4n) is 6.71. The number of aromatic nitrogens is 1. The molecule has 1 aromatic heterocycles. The van der Waals surface area contributed by atoms with E-state index in [4.69, 9.17) is 0 Å². The SMILES string of the molecule is O=C([O-])C[C@@H]1CCN(C(=O)Cc2ccccc2)C[C@@H]1CC[NH+]1C[C@@H]2C[C@H](C1)c1cccc(=O)n1C2. The van der Waals surface area contributed by atoms with Gasteiger partial charge in [0.25, 0.3) is 5.56 Å². The second kappa shape index (κ2) is 10.4. The molecule has 0 saturated carbocycles. The number of quaternary nitrogens is 1. The van der Waals surface area contributed by atoms with Crippen LogP contribution < -0.4 is 15.6 Å². The number of fused-ring (bicyclic) bond motifs is 4. The lowest BCUT2D eigenvalue weighted by Gasteiger charge is -2.42. The number of hydrogen-bond donors (Lipinski definition) is 1. The van der Waals surface area contributed by atoms with Crippen molar-refractivity contribution in [3.05, 3.63) is 70.1 Å². The summed E-state index contributed by atoms with van der Waals surface area (Å²) in [7, 11) is 0. The van der Waals surface area contributed by atoms with Gasteiger partial charge in [-0.05, 0) is 42.7 Å². The molecule has 2 saturated heterocycles. The van der Waals surface area contributed by atoms with Crippen LogP contribution in [0.15, 0.2) is 53.3 Å². The van der Waals surface area contributed by atoms with Crippen LogP contribution in [0.25, 0.3) is 0 Å². The molecule has 4 heterocycles. The summed E-state index contributed by atoms with van der Waals surface area (Å²) in [6.07, 6.45) is 3.23. The third-order valence-electron chi connectivity index (χ3n) is 8.41. The Balaban J connectivity index is 1.22. The van der Waals surface area contributed by atoms with E-state index in [1.807, 2.05) is 45.9 Å². The van der Waals surface area contributed by atoms with E-state index in [0.717, 1.165) is 56.7 Å². The minimum atomic E-state index is -0.994. The van der Waals surface area contributed by atoms with Crippen LogP contribution in [-0.2, 0) is 22.6 Å². The Kier molecular flexibility index (Phi) is 7.04. The van der Waals surface area contributed by atoms with Crippen molar-refractivity contribution >= 4 is 11.9 Å². The summed E-state index contributed by atoms with van der Waals surface area (Å²) in [5.41, 5.74) is 2.28. The van der Waals surface area contributed by atoms with Gasteiger partial charge < -0.3 is 24.3 Å². The van der Waals surface area contributed by atoms with Crippen LogP contribution in [0.2, 0.25) is 0 Å². The molecule has 0 aliphatic carbocycles. The van der Waals surface area contributed by atoms with Crippen molar-refractivity contribution in [1.82, 2.24) is 9.47 Å². The number of carbonyl (C=O) groups excluding carboxylic acids is 2. The van der Waals surface area contributed by atoms with Gasteiger partial charge in [0.15, 0.2) is 0 Å². The number of hydrogen-bond acceptors (Lipinski definition) is 4. The van der Waals surface area contributed by atoms with Crippen molar-refractivity contribution in [1.29, 1.82) is 0 Å². The third-order valence-corrected chi connectivity index (χ3v) is 8.41. The van der Waals surface area contributed by atoms with Crippen LogP contribution in [0, 0.1) is 17.8 Å². The zero-order valence-corrected chi connectivity index (χ0v) is 20.2. The number of carbonyl (C=O) groups is 2. The van der Waals surface area contributed by atoms with Crippen LogP contribution >= 0.6 is 0 Å². The van der Waals surface area contributed by atoms with Gasteiger partial charge in [0, 0.05) is 55.6 Å². The molecule has 2 fully saturated rings. The smallest absolute Gasteiger partial charge is 0.250 e. The number of nitrogens with zero attached hydrogens (tertiary/aromatic N) is 2. The van der Waals surface area contributed by atoms with Gasteiger partial charge in [0.05, 0.1) is 26.1 Å². The molecule has 2 bridgehead atoms. The Labute approximate surface area is 206 Å². The maximum atomic E-state index is 13.0. The first kappa shape index (κ1) is 23.8. The molecular formula is C28H35N3O4. The quantitative estimate of drug-likeness (QED) is 0.612. The van der Waals surface area contributed by atoms with Gasteiger partial charge in [-0.25, -0.2) is 0 Å². The Morgan fingerprint density at radius 1 is 1.00 bits per heavy atom. The minimum Gasteiger partial charge on any atom is -0.550 e. The summed E-state index contributed by atoms with van der Waals surface area (Å²) in [5.74, 6) is 0.265. The number of rotatable bonds is 7. The number of piperidine rings is 2. The molecule has 2 aromatic rings. The Morgan fingerprint density at radius 2 is 1.83 bits per heavy atom. The zero-order valence-electron chi connectivity index (χ0n) is 20.2. The molecule has 35 heavy (non-hydrogen) atoms. The van der Waals surface area contributed by atoms with E-state index < -0.39 is 5.97 Å². The van der Waals surface area contributed by atoms with Crippen LogP contribution in [0.1, 0.15) is 42.9 Å². The highest BCUT2D eigenvalue weighted by atomic mass is 16.4. The van der Waals surface area contributed by atoms with Crippen LogP contribution in [-0.4, -0.2) is 54.1 Å². The number of carboxylic acid groups (broad SMARTS) is 1. The summed E-state index contributed by atoms with van der Waals surface area (Å²) < 4.78 is 1.96. The summed E-state index contributed by atoms with van der Waals surface area (Å²) >= 11 is 0. The van der Waals surface area contributed by atoms with Crippen molar-refractivity contribution in [3.63, 3.8) is 0 Å². The van der Waals surface area contributed by atoms with Gasteiger partial charge >= 0.3 is 0 Å². The van der Waals surface area contributed by atoms with Crippen LogP contribution in [0.4, 0.5) is 0 Å². The molecule has 0 radical (unpaired) electrons. The number of amides is 1. The minimum absolute atomic E-state index is 0.0590. The molecular weight excluding hydrogens is 442 g/mol. The molecule has 5 rings (SSSR count). The largest absolute Gasteiger partial charge is 0.550 e. The van der Waals surface area contributed by atoms with Gasteiger partial charge in [0.1, 0.15) is 0 Å². The highest BCUT2D eigenvalue weighted by Crippen LogP contribution is 2.31. The monoisotopic (exact) mass is 477 g/mol. The van der Waals surface area contributed by atoms with Crippen LogP contribution in [0.5, 0.6) is 0 Å². The first-order chi connectivity index (χ1) is 17.0. The molecule has 5 atom stereocenters. The lowest BCUT2D eigenvalue weighted by atomic mass is 9.80. The normalized spacial score (nSPS) is 27.8.